The van der Waals surface area contributed by atoms with Gasteiger partial charge in [0, 0.05) is 13.0 Å². The molecule has 16 heavy (non-hydrogen) atoms. The molecule has 3 atom stereocenters. The highest BCUT2D eigenvalue weighted by molar-refractivity contribution is 5.75. The van der Waals surface area contributed by atoms with Crippen molar-refractivity contribution < 1.29 is 9.53 Å². The van der Waals surface area contributed by atoms with E-state index in [4.69, 9.17) is 10.00 Å². The van der Waals surface area contributed by atoms with Crippen molar-refractivity contribution in [3.05, 3.63) is 11.6 Å². The highest BCUT2D eigenvalue weighted by Gasteiger charge is 2.39. The van der Waals surface area contributed by atoms with Crippen LogP contribution in [0.3, 0.4) is 0 Å². The molecule has 0 N–H and O–H groups in total. The largest absolute Gasteiger partial charge is 0.378 e. The molecule has 86 valence electrons. The molecule has 1 fully saturated rings. The van der Waals surface area contributed by atoms with E-state index in [9.17, 15) is 4.79 Å². The summed E-state index contributed by atoms with van der Waals surface area (Å²) < 4.78 is 5.74. The Morgan fingerprint density at radius 1 is 1.56 bits per heavy atom. The minimum absolute atomic E-state index is 0.303. The third kappa shape index (κ3) is 2.33. The molecular weight excluding hydrogens is 202 g/mol. The zero-order valence-corrected chi connectivity index (χ0v) is 9.39. The summed E-state index contributed by atoms with van der Waals surface area (Å²) in [4.78, 5) is 10.8. The van der Waals surface area contributed by atoms with Gasteiger partial charge in [0.05, 0.1) is 12.2 Å². The van der Waals surface area contributed by atoms with E-state index in [2.05, 4.69) is 12.1 Å². The molecule has 0 aromatic rings. The first-order valence-electron chi connectivity index (χ1n) is 5.99. The summed E-state index contributed by atoms with van der Waals surface area (Å²) >= 11 is 0. The number of unbranched alkanes of at least 4 members (excludes halogenated alkanes) is 1. The van der Waals surface area contributed by atoms with Gasteiger partial charge < -0.3 is 4.74 Å². The molecule has 0 spiro atoms. The van der Waals surface area contributed by atoms with Gasteiger partial charge in [-0.3, -0.25) is 4.79 Å². The first-order chi connectivity index (χ1) is 7.85. The number of allylic oxidation sites excluding steroid dienone is 2. The van der Waals surface area contributed by atoms with Crippen molar-refractivity contribution in [3.8, 4) is 6.07 Å². The number of nitrogens with zero attached hydrogens (tertiary/aromatic N) is 1. The number of rotatable bonds is 5. The van der Waals surface area contributed by atoms with Crippen LogP contribution in [0.2, 0.25) is 0 Å². The second-order valence-electron chi connectivity index (χ2n) is 4.65. The maximum atomic E-state index is 10.8. The fourth-order valence-corrected chi connectivity index (χ4v) is 2.85. The van der Waals surface area contributed by atoms with Crippen LogP contribution in [0.5, 0.6) is 0 Å². The van der Waals surface area contributed by atoms with Crippen LogP contribution in [0.4, 0.5) is 0 Å². The van der Waals surface area contributed by atoms with Gasteiger partial charge in [0.15, 0.2) is 0 Å². The Morgan fingerprint density at radius 3 is 3.19 bits per heavy atom. The van der Waals surface area contributed by atoms with E-state index < -0.39 is 0 Å². The molecule has 0 unspecified atom stereocenters. The number of fused-ring (bicyclic) bond motifs is 1. The van der Waals surface area contributed by atoms with Crippen LogP contribution in [-0.2, 0) is 9.53 Å². The minimum atomic E-state index is 0.303. The van der Waals surface area contributed by atoms with Crippen molar-refractivity contribution >= 4 is 6.29 Å². The topological polar surface area (TPSA) is 50.1 Å². The van der Waals surface area contributed by atoms with Gasteiger partial charge in [-0.05, 0) is 43.1 Å². The predicted octanol–water partition coefficient (Wildman–Crippen LogP) is 2.23. The molecule has 0 aliphatic heterocycles. The van der Waals surface area contributed by atoms with Gasteiger partial charge in [0.2, 0.25) is 0 Å². The summed E-state index contributed by atoms with van der Waals surface area (Å²) in [6.45, 7) is 0.678. The number of nitriles is 1. The number of hydrogen-bond donors (Lipinski definition) is 0. The van der Waals surface area contributed by atoms with Gasteiger partial charge in [0.1, 0.15) is 6.29 Å². The summed E-state index contributed by atoms with van der Waals surface area (Å²) in [6, 6.07) is 2.11. The van der Waals surface area contributed by atoms with E-state index >= 15 is 0 Å². The van der Waals surface area contributed by atoms with Crippen molar-refractivity contribution in [2.45, 2.75) is 38.2 Å². The van der Waals surface area contributed by atoms with Gasteiger partial charge in [0.25, 0.3) is 0 Å². The Morgan fingerprint density at radius 2 is 2.44 bits per heavy atom. The summed E-state index contributed by atoms with van der Waals surface area (Å²) in [5, 5.41) is 8.40. The average Bonchev–Trinajstić information content (AvgIpc) is 2.83. The molecule has 0 heterocycles. The SMILES string of the molecule is N#CCCCO[C@@H]1C[C@@H]2CC=C(C=O)[C@@H]2C1. The number of carbonyl (C=O) groups is 1. The van der Waals surface area contributed by atoms with Crippen molar-refractivity contribution in [2.24, 2.45) is 11.8 Å². The van der Waals surface area contributed by atoms with E-state index in [0.717, 1.165) is 37.5 Å². The maximum Gasteiger partial charge on any atom is 0.145 e. The third-order valence-electron chi connectivity index (χ3n) is 3.66. The molecule has 2 aliphatic rings. The number of ether oxygens (including phenoxy) is 1. The molecule has 0 saturated heterocycles. The zero-order chi connectivity index (χ0) is 11.4. The van der Waals surface area contributed by atoms with Crippen LogP contribution in [0.15, 0.2) is 11.6 Å². The van der Waals surface area contributed by atoms with Crippen LogP contribution < -0.4 is 0 Å². The second-order valence-corrected chi connectivity index (χ2v) is 4.65. The molecule has 3 nitrogen and oxygen atoms in total. The summed E-state index contributed by atoms with van der Waals surface area (Å²) in [7, 11) is 0. The summed E-state index contributed by atoms with van der Waals surface area (Å²) in [5.41, 5.74) is 0.980. The van der Waals surface area contributed by atoms with Crippen LogP contribution in [0.25, 0.3) is 0 Å². The van der Waals surface area contributed by atoms with E-state index in [0.29, 0.717) is 31.0 Å². The van der Waals surface area contributed by atoms with E-state index in [1.165, 1.54) is 0 Å². The molecule has 0 radical (unpaired) electrons. The quantitative estimate of drug-likeness (QED) is 0.526. The number of aldehydes is 1. The second kappa shape index (κ2) is 5.27. The van der Waals surface area contributed by atoms with Crippen LogP contribution >= 0.6 is 0 Å². The molecule has 1 saturated carbocycles. The molecular formula is C13H17NO2. The molecule has 2 rings (SSSR count). The van der Waals surface area contributed by atoms with Gasteiger partial charge in [-0.25, -0.2) is 0 Å². The van der Waals surface area contributed by atoms with Gasteiger partial charge in [-0.15, -0.1) is 0 Å². The lowest BCUT2D eigenvalue weighted by atomic mass is 9.96. The van der Waals surface area contributed by atoms with Crippen molar-refractivity contribution in [3.63, 3.8) is 0 Å². The lowest BCUT2D eigenvalue weighted by molar-refractivity contribution is -0.105. The van der Waals surface area contributed by atoms with Gasteiger partial charge >= 0.3 is 0 Å². The molecule has 2 aliphatic carbocycles. The Balaban J connectivity index is 1.75. The van der Waals surface area contributed by atoms with Crippen LogP contribution in [-0.4, -0.2) is 19.0 Å². The smallest absolute Gasteiger partial charge is 0.145 e. The summed E-state index contributed by atoms with van der Waals surface area (Å²) in [5.74, 6) is 1.07. The van der Waals surface area contributed by atoms with Crippen LogP contribution in [0.1, 0.15) is 32.1 Å². The van der Waals surface area contributed by atoms with Crippen molar-refractivity contribution in [2.75, 3.05) is 6.61 Å². The fraction of sp³-hybridized carbons (Fsp3) is 0.692. The average molecular weight is 219 g/mol. The van der Waals surface area contributed by atoms with E-state index in [1.807, 2.05) is 0 Å². The highest BCUT2D eigenvalue weighted by atomic mass is 16.5. The maximum absolute atomic E-state index is 10.8. The summed E-state index contributed by atoms with van der Waals surface area (Å²) in [6.07, 6.45) is 7.87. The molecule has 0 aromatic carbocycles. The Labute approximate surface area is 96.1 Å². The Kier molecular flexibility index (Phi) is 3.74. The monoisotopic (exact) mass is 219 g/mol. The normalized spacial score (nSPS) is 31.9. The zero-order valence-electron chi connectivity index (χ0n) is 9.39. The van der Waals surface area contributed by atoms with E-state index in [1.54, 1.807) is 0 Å². The standard InChI is InChI=1S/C13H17NO2/c14-5-1-2-6-16-12-7-10-3-4-11(9-15)13(10)8-12/h4,9-10,12-13H,1-3,6-8H2/t10-,12+,13+/m0/s1. The lowest BCUT2D eigenvalue weighted by Crippen LogP contribution is -2.10. The first kappa shape index (κ1) is 11.3. The molecule has 3 heteroatoms. The Hall–Kier alpha value is -1.14. The van der Waals surface area contributed by atoms with Gasteiger partial charge in [-0.1, -0.05) is 6.08 Å². The van der Waals surface area contributed by atoms with Gasteiger partial charge in [-0.2, -0.15) is 5.26 Å². The number of carbonyl (C=O) groups excluding carboxylic acids is 1. The van der Waals surface area contributed by atoms with Crippen molar-refractivity contribution in [1.82, 2.24) is 0 Å². The van der Waals surface area contributed by atoms with Crippen molar-refractivity contribution in [1.29, 1.82) is 5.26 Å². The molecule has 0 bridgehead atoms. The van der Waals surface area contributed by atoms with Crippen LogP contribution in [0, 0.1) is 23.2 Å². The number of hydrogen-bond acceptors (Lipinski definition) is 3. The lowest BCUT2D eigenvalue weighted by Gasteiger charge is -2.11. The third-order valence-corrected chi connectivity index (χ3v) is 3.66. The van der Waals surface area contributed by atoms with E-state index in [-0.39, 0.29) is 0 Å². The fourth-order valence-electron chi connectivity index (χ4n) is 2.85. The first-order valence-corrected chi connectivity index (χ1v) is 5.99. The minimum Gasteiger partial charge on any atom is -0.378 e. The molecule has 0 aromatic heterocycles. The molecule has 0 amide bonds. The predicted molar refractivity (Wildman–Crippen MR) is 59.6 cm³/mol. The highest BCUT2D eigenvalue weighted by Crippen LogP contribution is 2.44. The Bertz CT molecular complexity index is 329.